The minimum absolute atomic E-state index is 0.245. The van der Waals surface area contributed by atoms with Gasteiger partial charge in [-0.05, 0) is 31.0 Å². The molecule has 0 aromatic heterocycles. The zero-order valence-electron chi connectivity index (χ0n) is 17.2. The van der Waals surface area contributed by atoms with E-state index in [-0.39, 0.29) is 5.60 Å². The highest BCUT2D eigenvalue weighted by atomic mass is 16.5. The van der Waals surface area contributed by atoms with Gasteiger partial charge in [-0.3, -0.25) is 0 Å². The number of hydrogen-bond donors (Lipinski definition) is 0. The van der Waals surface area contributed by atoms with Crippen LogP contribution in [0.15, 0.2) is 60.7 Å². The van der Waals surface area contributed by atoms with E-state index in [0.29, 0.717) is 13.2 Å². The van der Waals surface area contributed by atoms with E-state index in [1.807, 2.05) is 30.3 Å². The first-order valence-corrected chi connectivity index (χ1v) is 10.6. The molecule has 0 aliphatic rings. The second kappa shape index (κ2) is 12.6. The van der Waals surface area contributed by atoms with Crippen LogP contribution in [0, 0.1) is 0 Å². The van der Waals surface area contributed by atoms with Crippen molar-refractivity contribution in [3.8, 4) is 5.75 Å². The predicted molar refractivity (Wildman–Crippen MR) is 114 cm³/mol. The SMILES string of the molecule is CCCCCCCCCC(C)(OCCOc1ccccc1)c1ccccc1. The van der Waals surface area contributed by atoms with Crippen molar-refractivity contribution >= 4 is 0 Å². The van der Waals surface area contributed by atoms with Gasteiger partial charge in [-0.1, -0.05) is 100 Å². The van der Waals surface area contributed by atoms with Crippen molar-refractivity contribution < 1.29 is 9.47 Å². The van der Waals surface area contributed by atoms with Crippen LogP contribution in [0.4, 0.5) is 0 Å². The molecule has 0 aliphatic carbocycles. The molecule has 2 aromatic carbocycles. The molecule has 2 rings (SSSR count). The number of hydrogen-bond acceptors (Lipinski definition) is 2. The average Bonchev–Trinajstić information content (AvgIpc) is 2.72. The van der Waals surface area contributed by atoms with E-state index in [2.05, 4.69) is 44.2 Å². The van der Waals surface area contributed by atoms with Gasteiger partial charge in [0.15, 0.2) is 0 Å². The van der Waals surface area contributed by atoms with Crippen LogP contribution >= 0.6 is 0 Å². The Morgan fingerprint density at radius 3 is 1.96 bits per heavy atom. The first-order valence-electron chi connectivity index (χ1n) is 10.6. The van der Waals surface area contributed by atoms with Crippen LogP contribution in [0.25, 0.3) is 0 Å². The lowest BCUT2D eigenvalue weighted by molar-refractivity contribution is -0.0544. The third-order valence-electron chi connectivity index (χ3n) is 5.16. The van der Waals surface area contributed by atoms with Crippen molar-refractivity contribution in [1.29, 1.82) is 0 Å². The molecule has 1 atom stereocenters. The molecule has 0 saturated carbocycles. The second-order valence-corrected chi connectivity index (χ2v) is 7.48. The van der Waals surface area contributed by atoms with Crippen LogP contribution in [-0.4, -0.2) is 13.2 Å². The molecule has 0 heterocycles. The fraction of sp³-hybridized carbons (Fsp3) is 0.520. The zero-order valence-corrected chi connectivity index (χ0v) is 17.2. The Kier molecular flexibility index (Phi) is 10.0. The summed E-state index contributed by atoms with van der Waals surface area (Å²) in [6, 6.07) is 20.6. The highest BCUT2D eigenvalue weighted by Gasteiger charge is 2.26. The summed E-state index contributed by atoms with van der Waals surface area (Å²) in [5.74, 6) is 0.898. The molecule has 148 valence electrons. The minimum atomic E-state index is -0.245. The van der Waals surface area contributed by atoms with Gasteiger partial charge in [0.1, 0.15) is 12.4 Å². The summed E-state index contributed by atoms with van der Waals surface area (Å²) in [4.78, 5) is 0. The lowest BCUT2D eigenvalue weighted by Crippen LogP contribution is -2.28. The molecule has 0 bridgehead atoms. The van der Waals surface area contributed by atoms with Gasteiger partial charge >= 0.3 is 0 Å². The average molecular weight is 369 g/mol. The lowest BCUT2D eigenvalue weighted by atomic mass is 9.89. The largest absolute Gasteiger partial charge is 0.491 e. The first-order chi connectivity index (χ1) is 13.2. The molecule has 27 heavy (non-hydrogen) atoms. The lowest BCUT2D eigenvalue weighted by Gasteiger charge is -2.31. The maximum Gasteiger partial charge on any atom is 0.119 e. The minimum Gasteiger partial charge on any atom is -0.491 e. The maximum absolute atomic E-state index is 6.36. The van der Waals surface area contributed by atoms with Crippen molar-refractivity contribution in [2.75, 3.05) is 13.2 Å². The highest BCUT2D eigenvalue weighted by molar-refractivity contribution is 5.22. The summed E-state index contributed by atoms with van der Waals surface area (Å²) >= 11 is 0. The number of ether oxygens (including phenoxy) is 2. The van der Waals surface area contributed by atoms with Crippen LogP contribution < -0.4 is 4.74 Å². The van der Waals surface area contributed by atoms with E-state index >= 15 is 0 Å². The van der Waals surface area contributed by atoms with Gasteiger partial charge in [-0.15, -0.1) is 0 Å². The molecule has 0 saturated heterocycles. The Hall–Kier alpha value is -1.80. The maximum atomic E-state index is 6.36. The Morgan fingerprint density at radius 1 is 0.704 bits per heavy atom. The Balaban J connectivity index is 1.79. The van der Waals surface area contributed by atoms with Crippen LogP contribution in [-0.2, 0) is 10.3 Å². The summed E-state index contributed by atoms with van der Waals surface area (Å²) in [6.07, 6.45) is 10.3. The van der Waals surface area contributed by atoms with Crippen molar-refractivity contribution in [3.63, 3.8) is 0 Å². The van der Waals surface area contributed by atoms with Crippen LogP contribution in [0.2, 0.25) is 0 Å². The number of para-hydroxylation sites is 1. The second-order valence-electron chi connectivity index (χ2n) is 7.48. The fourth-order valence-electron chi connectivity index (χ4n) is 3.45. The monoisotopic (exact) mass is 368 g/mol. The molecular formula is C25H36O2. The molecule has 0 radical (unpaired) electrons. The summed E-state index contributed by atoms with van der Waals surface area (Å²) in [5.41, 5.74) is 1.01. The Morgan fingerprint density at radius 2 is 1.30 bits per heavy atom. The van der Waals surface area contributed by atoms with Crippen molar-refractivity contribution in [2.45, 2.75) is 70.8 Å². The molecule has 1 unspecified atom stereocenters. The van der Waals surface area contributed by atoms with E-state index in [0.717, 1.165) is 12.2 Å². The van der Waals surface area contributed by atoms with E-state index in [9.17, 15) is 0 Å². The van der Waals surface area contributed by atoms with E-state index < -0.39 is 0 Å². The highest BCUT2D eigenvalue weighted by Crippen LogP contribution is 2.31. The van der Waals surface area contributed by atoms with Crippen molar-refractivity contribution in [2.24, 2.45) is 0 Å². The molecular weight excluding hydrogens is 332 g/mol. The molecule has 0 amide bonds. The predicted octanol–water partition coefficient (Wildman–Crippen LogP) is 7.14. The van der Waals surface area contributed by atoms with E-state index in [1.54, 1.807) is 0 Å². The smallest absolute Gasteiger partial charge is 0.119 e. The van der Waals surface area contributed by atoms with Gasteiger partial charge in [0.05, 0.1) is 12.2 Å². The number of benzene rings is 2. The van der Waals surface area contributed by atoms with Crippen molar-refractivity contribution in [3.05, 3.63) is 66.2 Å². The van der Waals surface area contributed by atoms with Crippen molar-refractivity contribution in [1.82, 2.24) is 0 Å². The molecule has 0 N–H and O–H groups in total. The molecule has 0 spiro atoms. The van der Waals surface area contributed by atoms with E-state index in [4.69, 9.17) is 9.47 Å². The van der Waals surface area contributed by atoms with Crippen LogP contribution in [0.3, 0.4) is 0 Å². The topological polar surface area (TPSA) is 18.5 Å². The normalized spacial score (nSPS) is 13.3. The summed E-state index contributed by atoms with van der Waals surface area (Å²) in [7, 11) is 0. The fourth-order valence-corrected chi connectivity index (χ4v) is 3.45. The standard InChI is InChI=1S/C25H36O2/c1-3-4-5-6-7-8-15-20-25(2,23-16-11-9-12-17-23)27-22-21-26-24-18-13-10-14-19-24/h9-14,16-19H,3-8,15,20-22H2,1-2H3. The molecule has 2 heteroatoms. The quantitative estimate of drug-likeness (QED) is 0.330. The summed E-state index contributed by atoms with van der Waals surface area (Å²) in [6.45, 7) is 5.66. The number of rotatable bonds is 14. The summed E-state index contributed by atoms with van der Waals surface area (Å²) in [5, 5.41) is 0. The first kappa shape index (κ1) is 21.5. The molecule has 0 aliphatic heterocycles. The van der Waals surface area contributed by atoms with Gasteiger partial charge in [0.25, 0.3) is 0 Å². The molecule has 2 aromatic rings. The Bertz CT molecular complexity index is 596. The van der Waals surface area contributed by atoms with Gasteiger partial charge in [0.2, 0.25) is 0 Å². The van der Waals surface area contributed by atoms with Crippen LogP contribution in [0.1, 0.15) is 70.8 Å². The van der Waals surface area contributed by atoms with Gasteiger partial charge in [-0.2, -0.15) is 0 Å². The molecule has 0 fully saturated rings. The van der Waals surface area contributed by atoms with Gasteiger partial charge < -0.3 is 9.47 Å². The van der Waals surface area contributed by atoms with Gasteiger partial charge in [0, 0.05) is 0 Å². The number of unbranched alkanes of at least 4 members (excludes halogenated alkanes) is 6. The molecule has 2 nitrogen and oxygen atoms in total. The van der Waals surface area contributed by atoms with E-state index in [1.165, 1.54) is 50.5 Å². The van der Waals surface area contributed by atoms with Gasteiger partial charge in [-0.25, -0.2) is 0 Å². The van der Waals surface area contributed by atoms with Crippen LogP contribution in [0.5, 0.6) is 5.75 Å². The zero-order chi connectivity index (χ0) is 19.2. The Labute approximate surface area is 165 Å². The third kappa shape index (κ3) is 8.17. The summed E-state index contributed by atoms with van der Waals surface area (Å²) < 4.78 is 12.2. The third-order valence-corrected chi connectivity index (χ3v) is 5.16.